The highest BCUT2D eigenvalue weighted by atomic mass is 16.5. The van der Waals surface area contributed by atoms with Crippen molar-refractivity contribution in [2.45, 2.75) is 6.42 Å². The Kier molecular flexibility index (Phi) is 4.01. The molecular weight excluding hydrogens is 302 g/mol. The number of carbonyl (C=O) groups excluding carboxylic acids is 1. The van der Waals surface area contributed by atoms with Crippen LogP contribution in [0.3, 0.4) is 0 Å². The van der Waals surface area contributed by atoms with Crippen LogP contribution in [-0.4, -0.2) is 35.6 Å². The summed E-state index contributed by atoms with van der Waals surface area (Å²) in [6.45, 7) is 2.22. The van der Waals surface area contributed by atoms with E-state index in [0.717, 1.165) is 41.8 Å². The average Bonchev–Trinajstić information content (AvgIpc) is 3.30. The van der Waals surface area contributed by atoms with Gasteiger partial charge in [0.15, 0.2) is 0 Å². The number of aromatic nitrogens is 2. The van der Waals surface area contributed by atoms with E-state index in [0.29, 0.717) is 18.0 Å². The van der Waals surface area contributed by atoms with Crippen molar-refractivity contribution in [1.82, 2.24) is 15.3 Å². The standard InChI is InChI=1S/C19H19N3O2/c23-19(20-10-13-7-8-24-11-13)15-3-1-14(2-4-15)16-5-6-17-18(9-16)22-12-21-17/h1-6,9,12-13H,7-8,10-11H2,(H,20,23)(H,21,22). The normalized spacial score (nSPS) is 17.2. The lowest BCUT2D eigenvalue weighted by atomic mass is 10.0. The minimum atomic E-state index is -0.0301. The first-order valence-corrected chi connectivity index (χ1v) is 8.19. The molecule has 1 saturated heterocycles. The second-order valence-electron chi connectivity index (χ2n) is 6.15. The Bertz CT molecular complexity index is 848. The third-order valence-electron chi connectivity index (χ3n) is 4.48. The summed E-state index contributed by atoms with van der Waals surface area (Å²) in [5.41, 5.74) is 4.81. The largest absolute Gasteiger partial charge is 0.381 e. The van der Waals surface area contributed by atoms with Crippen LogP contribution < -0.4 is 5.32 Å². The van der Waals surface area contributed by atoms with Crippen molar-refractivity contribution in [2.75, 3.05) is 19.8 Å². The second kappa shape index (κ2) is 6.45. The van der Waals surface area contributed by atoms with E-state index in [1.807, 2.05) is 36.4 Å². The van der Waals surface area contributed by atoms with E-state index in [1.54, 1.807) is 6.33 Å². The molecule has 0 aliphatic carbocycles. The molecule has 1 atom stereocenters. The maximum Gasteiger partial charge on any atom is 0.251 e. The van der Waals surface area contributed by atoms with Crippen LogP contribution in [0.4, 0.5) is 0 Å². The molecule has 0 saturated carbocycles. The van der Waals surface area contributed by atoms with Gasteiger partial charge in [-0.1, -0.05) is 18.2 Å². The molecular formula is C19H19N3O2. The van der Waals surface area contributed by atoms with Crippen LogP contribution in [-0.2, 0) is 4.74 Å². The Morgan fingerprint density at radius 2 is 2.04 bits per heavy atom. The molecule has 1 amide bonds. The average molecular weight is 321 g/mol. The zero-order valence-corrected chi connectivity index (χ0v) is 13.3. The Morgan fingerprint density at radius 1 is 1.21 bits per heavy atom. The SMILES string of the molecule is O=C(NCC1CCOC1)c1ccc(-c2ccc3nc[nH]c3c2)cc1. The van der Waals surface area contributed by atoms with Crippen molar-refractivity contribution >= 4 is 16.9 Å². The van der Waals surface area contributed by atoms with Crippen molar-refractivity contribution in [3.8, 4) is 11.1 Å². The molecule has 5 heteroatoms. The van der Waals surface area contributed by atoms with Gasteiger partial charge in [-0.3, -0.25) is 4.79 Å². The number of nitrogens with one attached hydrogen (secondary N) is 2. The molecule has 3 aromatic rings. The number of rotatable bonds is 4. The topological polar surface area (TPSA) is 67.0 Å². The van der Waals surface area contributed by atoms with E-state index in [4.69, 9.17) is 4.74 Å². The highest BCUT2D eigenvalue weighted by Gasteiger charge is 2.16. The predicted molar refractivity (Wildman–Crippen MR) is 92.8 cm³/mol. The van der Waals surface area contributed by atoms with Crippen LogP contribution >= 0.6 is 0 Å². The zero-order valence-electron chi connectivity index (χ0n) is 13.3. The number of benzene rings is 2. The van der Waals surface area contributed by atoms with E-state index in [9.17, 15) is 4.79 Å². The number of ether oxygens (including phenoxy) is 1. The van der Waals surface area contributed by atoms with Crippen molar-refractivity contribution in [3.63, 3.8) is 0 Å². The van der Waals surface area contributed by atoms with Gasteiger partial charge in [-0.2, -0.15) is 0 Å². The minimum Gasteiger partial charge on any atom is -0.381 e. The van der Waals surface area contributed by atoms with E-state index in [-0.39, 0.29) is 5.91 Å². The molecule has 2 heterocycles. The molecule has 122 valence electrons. The fraction of sp³-hybridized carbons (Fsp3) is 0.263. The number of carbonyl (C=O) groups is 1. The molecule has 1 aliphatic rings. The summed E-state index contributed by atoms with van der Waals surface area (Å²) in [6.07, 6.45) is 2.71. The number of H-pyrrole nitrogens is 1. The van der Waals surface area contributed by atoms with Crippen LogP contribution in [0.15, 0.2) is 48.8 Å². The summed E-state index contributed by atoms with van der Waals surface area (Å²) in [4.78, 5) is 19.6. The van der Waals surface area contributed by atoms with E-state index in [2.05, 4.69) is 21.4 Å². The highest BCUT2D eigenvalue weighted by Crippen LogP contribution is 2.23. The van der Waals surface area contributed by atoms with Crippen molar-refractivity contribution in [2.24, 2.45) is 5.92 Å². The third kappa shape index (κ3) is 3.03. The van der Waals surface area contributed by atoms with E-state index >= 15 is 0 Å². The molecule has 2 aromatic carbocycles. The molecule has 1 unspecified atom stereocenters. The zero-order chi connectivity index (χ0) is 16.4. The molecule has 1 fully saturated rings. The van der Waals surface area contributed by atoms with Gasteiger partial charge in [-0.05, 0) is 41.8 Å². The Labute approximate surface area is 140 Å². The van der Waals surface area contributed by atoms with Gasteiger partial charge in [0.2, 0.25) is 0 Å². The van der Waals surface area contributed by atoms with Crippen LogP contribution in [0.5, 0.6) is 0 Å². The van der Waals surface area contributed by atoms with Gasteiger partial charge < -0.3 is 15.0 Å². The van der Waals surface area contributed by atoms with Crippen molar-refractivity contribution in [3.05, 3.63) is 54.4 Å². The fourth-order valence-electron chi connectivity index (χ4n) is 3.01. The lowest BCUT2D eigenvalue weighted by Crippen LogP contribution is -2.29. The Morgan fingerprint density at radius 3 is 2.83 bits per heavy atom. The summed E-state index contributed by atoms with van der Waals surface area (Å²) >= 11 is 0. The molecule has 24 heavy (non-hydrogen) atoms. The fourth-order valence-corrected chi connectivity index (χ4v) is 3.01. The number of hydrogen-bond donors (Lipinski definition) is 2. The molecule has 1 aliphatic heterocycles. The molecule has 0 radical (unpaired) electrons. The summed E-state index contributed by atoms with van der Waals surface area (Å²) in [5, 5.41) is 2.99. The predicted octanol–water partition coefficient (Wildman–Crippen LogP) is 3.00. The summed E-state index contributed by atoms with van der Waals surface area (Å²) < 4.78 is 5.33. The first-order valence-electron chi connectivity index (χ1n) is 8.19. The monoisotopic (exact) mass is 321 g/mol. The summed E-state index contributed by atoms with van der Waals surface area (Å²) in [5.74, 6) is 0.409. The van der Waals surface area contributed by atoms with Crippen LogP contribution in [0, 0.1) is 5.92 Å². The molecule has 0 spiro atoms. The smallest absolute Gasteiger partial charge is 0.251 e. The van der Waals surface area contributed by atoms with Gasteiger partial charge >= 0.3 is 0 Å². The molecule has 4 rings (SSSR count). The maximum absolute atomic E-state index is 12.2. The molecule has 0 bridgehead atoms. The molecule has 5 nitrogen and oxygen atoms in total. The number of nitrogens with zero attached hydrogens (tertiary/aromatic N) is 1. The quantitative estimate of drug-likeness (QED) is 0.776. The van der Waals surface area contributed by atoms with E-state index in [1.165, 1.54) is 0 Å². The lowest BCUT2D eigenvalue weighted by molar-refractivity contribution is 0.0945. The first-order chi connectivity index (χ1) is 11.8. The van der Waals surface area contributed by atoms with E-state index < -0.39 is 0 Å². The number of imidazole rings is 1. The van der Waals surface area contributed by atoms with Crippen LogP contribution in [0.25, 0.3) is 22.2 Å². The maximum atomic E-state index is 12.2. The first kappa shape index (κ1) is 14.9. The number of amides is 1. The minimum absolute atomic E-state index is 0.0301. The van der Waals surface area contributed by atoms with Crippen molar-refractivity contribution < 1.29 is 9.53 Å². The van der Waals surface area contributed by atoms with Gasteiger partial charge in [0.25, 0.3) is 5.91 Å². The van der Waals surface area contributed by atoms with Crippen LogP contribution in [0.1, 0.15) is 16.8 Å². The molecule has 2 N–H and O–H groups in total. The summed E-state index contributed by atoms with van der Waals surface area (Å²) in [7, 11) is 0. The Hall–Kier alpha value is -2.66. The second-order valence-corrected chi connectivity index (χ2v) is 6.15. The van der Waals surface area contributed by atoms with Crippen molar-refractivity contribution in [1.29, 1.82) is 0 Å². The van der Waals surface area contributed by atoms with Gasteiger partial charge in [-0.25, -0.2) is 4.98 Å². The highest BCUT2D eigenvalue weighted by molar-refractivity contribution is 5.94. The third-order valence-corrected chi connectivity index (χ3v) is 4.48. The molecule has 1 aromatic heterocycles. The van der Waals surface area contributed by atoms with Gasteiger partial charge in [-0.15, -0.1) is 0 Å². The number of fused-ring (bicyclic) bond motifs is 1. The number of aromatic amines is 1. The Balaban J connectivity index is 1.46. The van der Waals surface area contributed by atoms with Gasteiger partial charge in [0.1, 0.15) is 0 Å². The summed E-state index contributed by atoms with van der Waals surface area (Å²) in [6, 6.07) is 13.8. The van der Waals surface area contributed by atoms with Crippen LogP contribution in [0.2, 0.25) is 0 Å². The number of hydrogen-bond acceptors (Lipinski definition) is 3. The van der Waals surface area contributed by atoms with Gasteiger partial charge in [0, 0.05) is 24.6 Å². The van der Waals surface area contributed by atoms with Gasteiger partial charge in [0.05, 0.1) is 24.0 Å². The lowest BCUT2D eigenvalue weighted by Gasteiger charge is -2.10.